The van der Waals surface area contributed by atoms with Gasteiger partial charge in [0.05, 0.1) is 0 Å². The fourth-order valence-electron chi connectivity index (χ4n) is 6.92. The Bertz CT molecular complexity index is 2550. The molecular weight excluding hydrogens is 707 g/mol. The molecule has 5 heterocycles. The molecule has 4 aromatic heterocycles. The number of hydrogen-bond donors (Lipinski definition) is 4. The molecule has 0 saturated heterocycles. The third-order valence-corrected chi connectivity index (χ3v) is 9.35. The van der Waals surface area contributed by atoms with Crippen molar-refractivity contribution >= 4 is 33.9 Å². The molecule has 9 heteroatoms. The number of ketones is 2. The van der Waals surface area contributed by atoms with E-state index in [0.717, 1.165) is 67.3 Å². The van der Waals surface area contributed by atoms with Gasteiger partial charge in [-0.1, -0.05) is 72.8 Å². The fourth-order valence-corrected chi connectivity index (χ4v) is 6.92. The molecule has 0 fully saturated rings. The minimum absolute atomic E-state index is 0. The van der Waals surface area contributed by atoms with E-state index < -0.39 is 0 Å². The van der Waals surface area contributed by atoms with Crippen molar-refractivity contribution in [3.8, 4) is 11.5 Å². The molecular formula is C44H28CoN4O4. The Morgan fingerprint density at radius 2 is 0.755 bits per heavy atom. The van der Waals surface area contributed by atoms with Crippen molar-refractivity contribution in [1.82, 2.24) is 19.9 Å². The molecule has 2 aliphatic carbocycles. The number of aromatic hydroxyl groups is 2. The molecule has 257 valence electrons. The first kappa shape index (κ1) is 33.3. The number of hydrogen-bond acceptors (Lipinski definition) is 4. The molecule has 8 nitrogen and oxygen atoms in total. The molecule has 0 saturated carbocycles. The van der Waals surface area contributed by atoms with Crippen molar-refractivity contribution < 1.29 is 36.6 Å². The van der Waals surface area contributed by atoms with Crippen LogP contribution in [0.3, 0.4) is 0 Å². The maximum absolute atomic E-state index is 12.2. The van der Waals surface area contributed by atoms with Gasteiger partial charge in [0, 0.05) is 22.8 Å². The van der Waals surface area contributed by atoms with Crippen LogP contribution in [0.15, 0.2) is 157 Å². The molecule has 6 aromatic rings. The summed E-state index contributed by atoms with van der Waals surface area (Å²) >= 11 is 0. The number of rotatable bonds is 2. The second kappa shape index (κ2) is 13.4. The van der Waals surface area contributed by atoms with Crippen LogP contribution >= 0.6 is 0 Å². The number of aromatic amines is 2. The molecule has 3 aliphatic rings. The summed E-state index contributed by atoms with van der Waals surface area (Å²) in [5.41, 5.74) is 11.1. The molecule has 8 bridgehead atoms. The SMILES string of the molecule is O=C1C=CC(=C2c3ccc([n-]3)C(=C3C=CC(=O)C=C3)c3ccc([nH]3)/C(c3ccc(O)cc3)=c3/cc/c([n-]3)=C(\c3ccc(O)cc3)c3ccc2[nH]3)C=C1.[Co+2]. The van der Waals surface area contributed by atoms with Gasteiger partial charge < -0.3 is 30.1 Å². The number of aromatic nitrogens is 4. The largest absolute Gasteiger partial charge is 2.00 e. The van der Waals surface area contributed by atoms with Crippen LogP contribution in [0.2, 0.25) is 0 Å². The van der Waals surface area contributed by atoms with Crippen LogP contribution in [0.5, 0.6) is 11.5 Å². The summed E-state index contributed by atoms with van der Waals surface area (Å²) in [6, 6.07) is 29.9. The van der Waals surface area contributed by atoms with Gasteiger partial charge in [-0.2, -0.15) is 0 Å². The number of carbonyl (C=O) groups is 2. The Morgan fingerprint density at radius 1 is 0.396 bits per heavy atom. The second-order valence-corrected chi connectivity index (χ2v) is 12.6. The van der Waals surface area contributed by atoms with E-state index in [4.69, 9.17) is 9.97 Å². The molecule has 53 heavy (non-hydrogen) atoms. The number of H-pyrrole nitrogens is 2. The summed E-state index contributed by atoms with van der Waals surface area (Å²) in [7, 11) is 0. The number of phenolic OH excluding ortho intramolecular Hbond substituents is 2. The van der Waals surface area contributed by atoms with Gasteiger partial charge in [0.1, 0.15) is 11.5 Å². The summed E-state index contributed by atoms with van der Waals surface area (Å²) in [5, 5.41) is 21.7. The Balaban J connectivity index is 0.00000400. The molecule has 0 amide bonds. The fraction of sp³-hybridized carbons (Fsp3) is 0. The molecule has 1 radical (unpaired) electrons. The number of phenols is 2. The topological polar surface area (TPSA) is 134 Å². The van der Waals surface area contributed by atoms with Crippen LogP contribution in [0.1, 0.15) is 45.3 Å². The number of benzene rings is 2. The van der Waals surface area contributed by atoms with E-state index in [-0.39, 0.29) is 39.8 Å². The monoisotopic (exact) mass is 735 g/mol. The van der Waals surface area contributed by atoms with Gasteiger partial charge in [0.15, 0.2) is 11.6 Å². The molecule has 0 atom stereocenters. The summed E-state index contributed by atoms with van der Waals surface area (Å²) in [5.74, 6) is 0.125. The minimum Gasteiger partial charge on any atom is -0.657 e. The Labute approximate surface area is 313 Å². The number of nitrogens with zero attached hydrogens (tertiary/aromatic N) is 2. The number of fused-ring (bicyclic) bond motifs is 8. The zero-order valence-electron chi connectivity index (χ0n) is 27.8. The van der Waals surface area contributed by atoms with Crippen molar-refractivity contribution in [3.63, 3.8) is 0 Å². The van der Waals surface area contributed by atoms with Gasteiger partial charge in [0.2, 0.25) is 0 Å². The van der Waals surface area contributed by atoms with Gasteiger partial charge in [-0.15, -0.1) is 22.1 Å². The number of nitrogens with one attached hydrogen (secondary N) is 2. The van der Waals surface area contributed by atoms with Crippen LogP contribution in [-0.2, 0) is 26.4 Å². The maximum atomic E-state index is 12.2. The summed E-state index contributed by atoms with van der Waals surface area (Å²) in [4.78, 5) is 42.1. The molecule has 2 aromatic carbocycles. The van der Waals surface area contributed by atoms with E-state index in [1.807, 2.05) is 72.8 Å². The third kappa shape index (κ3) is 6.14. The zero-order chi connectivity index (χ0) is 35.3. The van der Waals surface area contributed by atoms with Crippen LogP contribution in [0.4, 0.5) is 0 Å². The average Bonchev–Trinajstić information content (AvgIpc) is 3.99. The van der Waals surface area contributed by atoms with Crippen molar-refractivity contribution in [2.45, 2.75) is 0 Å². The Kier molecular flexibility index (Phi) is 8.42. The zero-order valence-corrected chi connectivity index (χ0v) is 28.8. The minimum atomic E-state index is -0.0922. The van der Waals surface area contributed by atoms with Crippen LogP contribution in [0.25, 0.3) is 22.3 Å². The van der Waals surface area contributed by atoms with Gasteiger partial charge >= 0.3 is 16.8 Å². The van der Waals surface area contributed by atoms with Crippen molar-refractivity contribution in [3.05, 3.63) is 213 Å². The van der Waals surface area contributed by atoms with E-state index in [1.54, 1.807) is 72.9 Å². The summed E-state index contributed by atoms with van der Waals surface area (Å²) < 4.78 is 0. The van der Waals surface area contributed by atoms with Crippen LogP contribution < -0.4 is 20.7 Å². The molecule has 0 spiro atoms. The first-order valence-electron chi connectivity index (χ1n) is 16.7. The van der Waals surface area contributed by atoms with E-state index in [0.29, 0.717) is 22.1 Å². The maximum Gasteiger partial charge on any atom is 2.00 e. The quantitative estimate of drug-likeness (QED) is 0.186. The third-order valence-electron chi connectivity index (χ3n) is 9.35. The van der Waals surface area contributed by atoms with E-state index >= 15 is 0 Å². The number of carbonyl (C=O) groups excluding carboxylic acids is 2. The predicted molar refractivity (Wildman–Crippen MR) is 198 cm³/mol. The molecule has 4 N–H and O–H groups in total. The van der Waals surface area contributed by atoms with Crippen molar-refractivity contribution in [2.24, 2.45) is 0 Å². The van der Waals surface area contributed by atoms with E-state index in [1.165, 1.54) is 0 Å². The summed E-state index contributed by atoms with van der Waals surface area (Å²) in [6.45, 7) is 0. The first-order chi connectivity index (χ1) is 25.4. The van der Waals surface area contributed by atoms with E-state index in [9.17, 15) is 19.8 Å². The van der Waals surface area contributed by atoms with Gasteiger partial charge in [-0.3, -0.25) is 9.59 Å². The smallest absolute Gasteiger partial charge is 0.657 e. The molecule has 0 unspecified atom stereocenters. The van der Waals surface area contributed by atoms with Crippen molar-refractivity contribution in [1.29, 1.82) is 0 Å². The normalized spacial score (nSPS) is 17.1. The van der Waals surface area contributed by atoms with Crippen LogP contribution in [-0.4, -0.2) is 31.7 Å². The van der Waals surface area contributed by atoms with Gasteiger partial charge in [0.25, 0.3) is 0 Å². The second-order valence-electron chi connectivity index (χ2n) is 12.6. The van der Waals surface area contributed by atoms with E-state index in [2.05, 4.69) is 9.97 Å². The predicted octanol–water partition coefficient (Wildman–Crippen LogP) is 5.47. The van der Waals surface area contributed by atoms with Gasteiger partial charge in [-0.05, 0) is 117 Å². The van der Waals surface area contributed by atoms with Crippen molar-refractivity contribution in [2.75, 3.05) is 0 Å². The average molecular weight is 736 g/mol. The number of allylic oxidation sites excluding steroid dienone is 10. The Hall–Kier alpha value is -6.81. The molecule has 1 aliphatic heterocycles. The van der Waals surface area contributed by atoms with Crippen LogP contribution in [0, 0.1) is 0 Å². The summed E-state index contributed by atoms with van der Waals surface area (Å²) in [6.07, 6.45) is 13.4. The standard InChI is InChI=1S/C44H30N4O4.Co/c49-29-9-1-25(2-10-29)41-33-17-19-35(45-33)42(26-3-11-30(50)12-4-26)37-21-23-39(47-37)44(28-7-15-32(52)16-8-28)40-24-22-38(48-40)43(36-20-18-34(41)46-36)27-5-13-31(51)14-6-27;/h1-24H,(H6,45,46,47,48,49,50,51,52);/q;+2/p-2/b41-33-,41-34?,42-35-,42-37?,43-36?,43-38?,44-39?,44-40?;. The molecule has 9 rings (SSSR count). The Morgan fingerprint density at radius 3 is 1.13 bits per heavy atom. The van der Waals surface area contributed by atoms with Gasteiger partial charge in [-0.25, -0.2) is 0 Å². The first-order valence-corrected chi connectivity index (χ1v) is 16.7.